The van der Waals surface area contributed by atoms with E-state index in [9.17, 15) is 15.0 Å². The zero-order valence-corrected chi connectivity index (χ0v) is 19.3. The Morgan fingerprint density at radius 1 is 1.00 bits per heavy atom. The fourth-order valence-corrected chi connectivity index (χ4v) is 2.85. The molecule has 4 heteroatoms. The highest BCUT2D eigenvalue weighted by Gasteiger charge is 2.27. The molecule has 0 aromatic heterocycles. The van der Waals surface area contributed by atoms with Crippen molar-refractivity contribution in [1.29, 1.82) is 0 Å². The van der Waals surface area contributed by atoms with Crippen molar-refractivity contribution >= 4 is 5.97 Å². The summed E-state index contributed by atoms with van der Waals surface area (Å²) in [6.45, 7) is 16.5. The highest BCUT2D eigenvalue weighted by Crippen LogP contribution is 2.36. The number of carbonyl (C=O) groups is 1. The first-order chi connectivity index (χ1) is 13.8. The summed E-state index contributed by atoms with van der Waals surface area (Å²) in [5.74, 6) is -0.328. The predicted molar refractivity (Wildman–Crippen MR) is 121 cm³/mol. The molecule has 0 bridgehead atoms. The molecule has 162 valence electrons. The average molecular weight is 403 g/mol. The molecule has 0 unspecified atom stereocenters. The number of ether oxygens (including phenoxy) is 1. The molecule has 0 fully saturated rings. The Morgan fingerprint density at radius 2 is 1.55 bits per heavy atom. The van der Waals surface area contributed by atoms with Gasteiger partial charge in [-0.3, -0.25) is 0 Å². The van der Waals surface area contributed by atoms with Crippen LogP contribution in [0.25, 0.3) is 0 Å². The maximum atomic E-state index is 11.8. The van der Waals surface area contributed by atoms with Crippen LogP contribution in [0.2, 0.25) is 0 Å². The highest BCUT2D eigenvalue weighted by molar-refractivity contribution is 5.92. The van der Waals surface area contributed by atoms with Crippen LogP contribution in [0.3, 0.4) is 0 Å². The van der Waals surface area contributed by atoms with Gasteiger partial charge in [0.15, 0.2) is 0 Å². The van der Waals surface area contributed by atoms with Crippen molar-refractivity contribution in [2.24, 2.45) is 0 Å². The number of hydrogen-bond acceptors (Lipinski definition) is 3. The van der Waals surface area contributed by atoms with Gasteiger partial charge in [-0.1, -0.05) is 73.1 Å². The van der Waals surface area contributed by atoms with E-state index >= 15 is 0 Å². The lowest BCUT2D eigenvalue weighted by Crippen LogP contribution is -2.20. The number of benzene rings is 2. The minimum Gasteiger partial charge on any atom is -0.508 e. The van der Waals surface area contributed by atoms with E-state index in [4.69, 9.17) is 4.74 Å². The van der Waals surface area contributed by atoms with E-state index in [1.165, 1.54) is 0 Å². The zero-order valence-electron chi connectivity index (χ0n) is 19.3. The molecule has 0 spiro atoms. The Labute approximate surface area is 176 Å². The predicted octanol–water partition coefficient (Wildman–Crippen LogP) is 6.96. The number of phenolic OH excluding ortho intramolecular Hbond substituents is 1. The monoisotopic (exact) mass is 402 g/mol. The maximum Gasteiger partial charge on any atom is 0.339 e. The lowest BCUT2D eigenvalue weighted by Gasteiger charge is -2.28. The van der Waals surface area contributed by atoms with Crippen molar-refractivity contribution in [1.82, 2.24) is 0 Å². The molecule has 0 atom stereocenters. The normalized spacial score (nSPS) is 10.2. The first kappa shape index (κ1) is 26.5. The van der Waals surface area contributed by atoms with Gasteiger partial charge in [-0.25, -0.2) is 4.79 Å². The third-order valence-electron chi connectivity index (χ3n) is 4.56. The van der Waals surface area contributed by atoms with Gasteiger partial charge in [0.25, 0.3) is 0 Å². The van der Waals surface area contributed by atoms with Gasteiger partial charge in [0.05, 0.1) is 6.61 Å². The van der Waals surface area contributed by atoms with Crippen LogP contribution in [0.4, 0.5) is 0 Å². The number of rotatable bonds is 7. The SMILES string of the molecule is CC.CC.CCCCOc1c(C)cc(C(C)(C)c2ccc(O)cc2)cc1C(=O)O. The second-order valence-corrected chi connectivity index (χ2v) is 6.85. The Kier molecular flexibility index (Phi) is 11.8. The van der Waals surface area contributed by atoms with Gasteiger partial charge in [-0.05, 0) is 48.2 Å². The number of carboxylic acid groups (broad SMARTS) is 1. The number of aryl methyl sites for hydroxylation is 1. The quantitative estimate of drug-likeness (QED) is 0.491. The van der Waals surface area contributed by atoms with Gasteiger partial charge in [0.1, 0.15) is 17.1 Å². The summed E-state index contributed by atoms with van der Waals surface area (Å²) < 4.78 is 5.74. The molecule has 0 aliphatic heterocycles. The van der Waals surface area contributed by atoms with Crippen molar-refractivity contribution in [2.45, 2.75) is 73.6 Å². The average Bonchev–Trinajstić information content (AvgIpc) is 2.72. The summed E-state index contributed by atoms with van der Waals surface area (Å²) >= 11 is 0. The highest BCUT2D eigenvalue weighted by atomic mass is 16.5. The number of aromatic carboxylic acids is 1. The maximum absolute atomic E-state index is 11.8. The smallest absolute Gasteiger partial charge is 0.339 e. The number of aromatic hydroxyl groups is 1. The molecule has 0 amide bonds. The molecule has 29 heavy (non-hydrogen) atoms. The van der Waals surface area contributed by atoms with Crippen LogP contribution in [0.15, 0.2) is 36.4 Å². The van der Waals surface area contributed by atoms with Crippen molar-refractivity contribution < 1.29 is 19.7 Å². The Morgan fingerprint density at radius 3 is 2.03 bits per heavy atom. The van der Waals surface area contributed by atoms with Crippen LogP contribution in [0.5, 0.6) is 11.5 Å². The topological polar surface area (TPSA) is 66.8 Å². The number of hydrogen-bond donors (Lipinski definition) is 2. The fourth-order valence-electron chi connectivity index (χ4n) is 2.85. The van der Waals surface area contributed by atoms with Crippen LogP contribution in [-0.4, -0.2) is 22.8 Å². The number of phenols is 1. The molecule has 2 rings (SSSR count). The molecule has 0 aliphatic carbocycles. The molecule has 0 saturated carbocycles. The van der Waals surface area contributed by atoms with E-state index in [1.807, 2.05) is 66.7 Å². The summed E-state index contributed by atoms with van der Waals surface area (Å²) in [5, 5.41) is 19.1. The van der Waals surface area contributed by atoms with Crippen molar-refractivity contribution in [2.75, 3.05) is 6.61 Å². The molecule has 4 nitrogen and oxygen atoms in total. The van der Waals surface area contributed by atoms with E-state index in [0.717, 1.165) is 29.5 Å². The molecule has 0 heterocycles. The number of unbranched alkanes of at least 4 members (excludes halogenated alkanes) is 1. The minimum absolute atomic E-state index is 0.193. The Balaban J connectivity index is 0.00000184. The largest absolute Gasteiger partial charge is 0.508 e. The van der Waals surface area contributed by atoms with Gasteiger partial charge in [0.2, 0.25) is 0 Å². The van der Waals surface area contributed by atoms with Crippen LogP contribution < -0.4 is 4.74 Å². The van der Waals surface area contributed by atoms with Gasteiger partial charge >= 0.3 is 5.97 Å². The molecular weight excluding hydrogens is 364 g/mol. The molecule has 0 aliphatic rings. The standard InChI is InChI=1S/C21H26O4.2C2H6/c1-5-6-11-25-19-14(2)12-16(13-18(19)20(23)24)21(3,4)15-7-9-17(22)10-8-15;2*1-2/h7-10,12-13,22H,5-6,11H2,1-4H3,(H,23,24);2*1-2H3. The lowest BCUT2D eigenvalue weighted by molar-refractivity contribution is 0.0691. The first-order valence-corrected chi connectivity index (χ1v) is 10.6. The third-order valence-corrected chi connectivity index (χ3v) is 4.56. The van der Waals surface area contributed by atoms with Crippen molar-refractivity contribution in [3.8, 4) is 11.5 Å². The van der Waals surface area contributed by atoms with Crippen molar-refractivity contribution in [3.63, 3.8) is 0 Å². The van der Waals surface area contributed by atoms with Crippen LogP contribution >= 0.6 is 0 Å². The Bertz CT molecular complexity index is 746. The van der Waals surface area contributed by atoms with E-state index in [2.05, 4.69) is 6.92 Å². The molecule has 0 saturated heterocycles. The minimum atomic E-state index is -0.988. The zero-order chi connectivity index (χ0) is 22.6. The van der Waals surface area contributed by atoms with E-state index in [-0.39, 0.29) is 11.3 Å². The fraction of sp³-hybridized carbons (Fsp3) is 0.480. The first-order valence-electron chi connectivity index (χ1n) is 10.6. The van der Waals surface area contributed by atoms with Gasteiger partial charge in [0, 0.05) is 5.41 Å². The summed E-state index contributed by atoms with van der Waals surface area (Å²) in [6.07, 6.45) is 1.88. The third kappa shape index (κ3) is 7.12. The van der Waals surface area contributed by atoms with Crippen LogP contribution in [0.1, 0.15) is 88.4 Å². The molecule has 2 aromatic carbocycles. The van der Waals surface area contributed by atoms with Crippen LogP contribution in [0, 0.1) is 6.92 Å². The summed E-state index contributed by atoms with van der Waals surface area (Å²) in [7, 11) is 0. The van der Waals surface area contributed by atoms with Crippen LogP contribution in [-0.2, 0) is 5.41 Å². The van der Waals surface area contributed by atoms with Gasteiger partial charge in [-0.2, -0.15) is 0 Å². The molecular formula is C25H38O4. The van der Waals surface area contributed by atoms with Gasteiger partial charge < -0.3 is 14.9 Å². The molecule has 2 aromatic rings. The van der Waals surface area contributed by atoms with E-state index in [0.29, 0.717) is 12.4 Å². The number of carboxylic acids is 1. The molecule has 0 radical (unpaired) electrons. The molecule has 2 N–H and O–H groups in total. The summed E-state index contributed by atoms with van der Waals surface area (Å²) in [4.78, 5) is 11.8. The second-order valence-electron chi connectivity index (χ2n) is 6.85. The van der Waals surface area contributed by atoms with Crippen molar-refractivity contribution in [3.05, 3.63) is 58.7 Å². The van der Waals surface area contributed by atoms with E-state index < -0.39 is 11.4 Å². The van der Waals surface area contributed by atoms with E-state index in [1.54, 1.807) is 18.2 Å². The van der Waals surface area contributed by atoms with Gasteiger partial charge in [-0.15, -0.1) is 0 Å². The summed E-state index contributed by atoms with van der Waals surface area (Å²) in [6, 6.07) is 10.7. The lowest BCUT2D eigenvalue weighted by atomic mass is 9.77. The Hall–Kier alpha value is -2.49. The summed E-state index contributed by atoms with van der Waals surface area (Å²) in [5.41, 5.74) is 2.51. The second kappa shape index (κ2) is 12.9.